The van der Waals surface area contributed by atoms with Crippen LogP contribution in [-0.4, -0.2) is 27.5 Å². The molecule has 14 heavy (non-hydrogen) atoms. The fraction of sp³-hybridized carbons (Fsp3) is 0. The topological polar surface area (TPSA) is 190 Å². The average Bonchev–Trinajstić information content (AvgIpc) is 1.54. The summed E-state index contributed by atoms with van der Waals surface area (Å²) in [7, 11) is -10.9. The number of rotatable bonds is 0. The van der Waals surface area contributed by atoms with Crippen LogP contribution < -0.4 is 28.8 Å². The summed E-state index contributed by atoms with van der Waals surface area (Å²) in [5, 5.41) is 0. The van der Waals surface area contributed by atoms with Crippen molar-refractivity contribution >= 4 is 27.5 Å². The molecule has 0 fully saturated rings. The Labute approximate surface area is 140 Å². The van der Waals surface area contributed by atoms with Gasteiger partial charge in [0.2, 0.25) is 0 Å². The molecule has 0 aromatic carbocycles. The molecule has 0 rings (SSSR count). The largest absolute Gasteiger partial charge is 3.00 e. The van der Waals surface area contributed by atoms with Crippen LogP contribution in [0, 0.1) is 39.9 Å². The van der Waals surface area contributed by atoms with Crippen LogP contribution in [0.3, 0.4) is 0 Å². The molecule has 0 aliphatic rings. The zero-order chi connectivity index (χ0) is 10.7. The molecule has 9 nitrogen and oxygen atoms in total. The monoisotopic (exact) mass is 475 g/mol. The molecule has 0 saturated heterocycles. The first kappa shape index (κ1) is 29.5. The van der Waals surface area contributed by atoms with Gasteiger partial charge in [0.15, 0.2) is 0 Å². The zero-order valence-corrected chi connectivity index (χ0v) is 14.2. The summed E-state index contributed by atoms with van der Waals surface area (Å²) in [6, 6.07) is 0. The minimum Gasteiger partial charge on any atom is -0.672 e. The molecular formula is GdO9Si3Y. The normalized spacial score (nSPS) is 5.14. The van der Waals surface area contributed by atoms with E-state index in [0.29, 0.717) is 0 Å². The van der Waals surface area contributed by atoms with Crippen LogP contribution in [0.5, 0.6) is 0 Å². The van der Waals surface area contributed by atoms with Gasteiger partial charge in [-0.2, -0.15) is 0 Å². The van der Waals surface area contributed by atoms with Crippen LogP contribution in [0.4, 0.5) is 0 Å². The molecule has 0 saturated carbocycles. The van der Waals surface area contributed by atoms with E-state index in [0.717, 1.165) is 0 Å². The van der Waals surface area contributed by atoms with E-state index in [-0.39, 0.29) is 72.6 Å². The van der Waals surface area contributed by atoms with Gasteiger partial charge in [0.05, 0.1) is 0 Å². The zero-order valence-electron chi connectivity index (χ0n) is 6.11. The minimum absolute atomic E-state index is 0. The van der Waals surface area contributed by atoms with Gasteiger partial charge in [0.1, 0.15) is 0 Å². The van der Waals surface area contributed by atoms with Gasteiger partial charge in [0.25, 0.3) is 0 Å². The molecule has 0 unspecified atom stereocenters. The second-order valence-corrected chi connectivity index (χ2v) is 2.25. The predicted octanol–water partition coefficient (Wildman–Crippen LogP) is -8.64. The molecule has 0 aliphatic carbocycles. The quantitative estimate of drug-likeness (QED) is 0.307. The van der Waals surface area contributed by atoms with E-state index in [9.17, 15) is 0 Å². The number of hydrogen-bond acceptors (Lipinski definition) is 9. The smallest absolute Gasteiger partial charge is 0.672 e. The summed E-state index contributed by atoms with van der Waals surface area (Å²) in [4.78, 5) is 51.1. The molecule has 77 valence electrons. The molecule has 0 heterocycles. The summed E-state index contributed by atoms with van der Waals surface area (Å²) in [5.41, 5.74) is 0. The van der Waals surface area contributed by atoms with Crippen molar-refractivity contribution < 1.29 is 115 Å². The first-order chi connectivity index (χ1) is 5.20. The van der Waals surface area contributed by atoms with Crippen molar-refractivity contribution in [1.82, 2.24) is 0 Å². The SMILES string of the molecule is O=[Si]([O-])[O-].O=[Si]([O-])[O-].O=[Si]([O-])[O-].[Gd+3].[Y+3]. The van der Waals surface area contributed by atoms with Crippen LogP contribution in [0.25, 0.3) is 0 Å². The average molecular weight is 474 g/mol. The van der Waals surface area contributed by atoms with Crippen molar-refractivity contribution in [2.24, 2.45) is 0 Å². The van der Waals surface area contributed by atoms with E-state index in [4.69, 9.17) is 42.2 Å². The maximum Gasteiger partial charge on any atom is 3.00 e. The van der Waals surface area contributed by atoms with E-state index >= 15 is 0 Å². The Morgan fingerprint density at radius 1 is 0.571 bits per heavy atom. The van der Waals surface area contributed by atoms with Gasteiger partial charge in [-0.15, -0.1) is 0 Å². The van der Waals surface area contributed by atoms with Crippen LogP contribution in [0.2, 0.25) is 0 Å². The third-order valence-electron chi connectivity index (χ3n) is 0. The van der Waals surface area contributed by atoms with Gasteiger partial charge in [-0.25, -0.2) is 0 Å². The summed E-state index contributed by atoms with van der Waals surface area (Å²) >= 11 is 0. The van der Waals surface area contributed by atoms with Crippen molar-refractivity contribution in [1.29, 1.82) is 0 Å². The first-order valence-corrected chi connectivity index (χ1v) is 5.51. The van der Waals surface area contributed by atoms with Gasteiger partial charge in [0, 0.05) is 27.5 Å². The van der Waals surface area contributed by atoms with E-state index < -0.39 is 27.5 Å². The third kappa shape index (κ3) is 1220. The summed E-state index contributed by atoms with van der Waals surface area (Å²) in [6.45, 7) is 0. The van der Waals surface area contributed by atoms with Crippen LogP contribution in [-0.2, 0) is 46.1 Å². The van der Waals surface area contributed by atoms with Crippen LogP contribution in [0.15, 0.2) is 0 Å². The van der Waals surface area contributed by atoms with Crippen molar-refractivity contribution in [3.05, 3.63) is 0 Å². The Bertz CT molecular complexity index is 118. The minimum atomic E-state index is -3.63. The Morgan fingerprint density at radius 3 is 0.571 bits per heavy atom. The van der Waals surface area contributed by atoms with Crippen molar-refractivity contribution in [2.75, 3.05) is 0 Å². The Morgan fingerprint density at radius 2 is 0.571 bits per heavy atom. The van der Waals surface area contributed by atoms with Gasteiger partial charge in [-0.1, -0.05) is 0 Å². The molecule has 0 bridgehead atoms. The molecule has 1 radical (unpaired) electrons. The van der Waals surface area contributed by atoms with Crippen molar-refractivity contribution in [2.45, 2.75) is 0 Å². The molecular weight excluding hydrogens is 474 g/mol. The summed E-state index contributed by atoms with van der Waals surface area (Å²) in [6.07, 6.45) is 0. The Balaban J connectivity index is -0.0000000270. The van der Waals surface area contributed by atoms with Gasteiger partial charge in [-0.3, -0.25) is 0 Å². The van der Waals surface area contributed by atoms with Gasteiger partial charge in [-0.05, 0) is 0 Å². The van der Waals surface area contributed by atoms with E-state index in [1.165, 1.54) is 0 Å². The standard InChI is InChI=1S/Gd.3O3Si.Y/c;3*1-4(2)3;/q+3;3*-2;+3. The molecule has 0 aliphatic heterocycles. The molecule has 14 heteroatoms. The fourth-order valence-corrected chi connectivity index (χ4v) is 0. The molecule has 0 aromatic rings. The van der Waals surface area contributed by atoms with E-state index in [2.05, 4.69) is 0 Å². The second-order valence-electron chi connectivity index (χ2n) is 0.750. The molecule has 0 amide bonds. The van der Waals surface area contributed by atoms with Crippen molar-refractivity contribution in [3.63, 3.8) is 0 Å². The van der Waals surface area contributed by atoms with Crippen molar-refractivity contribution in [3.8, 4) is 0 Å². The van der Waals surface area contributed by atoms with E-state index in [1.54, 1.807) is 0 Å². The molecule has 0 aromatic heterocycles. The third-order valence-corrected chi connectivity index (χ3v) is 0. The number of hydrogen-bond donors (Lipinski definition) is 0. The predicted molar refractivity (Wildman–Crippen MR) is 19.3 cm³/mol. The maximum atomic E-state index is 8.52. The summed E-state index contributed by atoms with van der Waals surface area (Å²) < 4.78 is 25.6. The van der Waals surface area contributed by atoms with Crippen LogP contribution >= 0.6 is 0 Å². The molecule has 0 spiro atoms. The molecule has 0 atom stereocenters. The van der Waals surface area contributed by atoms with Crippen LogP contribution in [0.1, 0.15) is 0 Å². The first-order valence-electron chi connectivity index (χ1n) is 1.84. The second kappa shape index (κ2) is 23.8. The van der Waals surface area contributed by atoms with E-state index in [1.807, 2.05) is 0 Å². The molecule has 0 N–H and O–H groups in total. The summed E-state index contributed by atoms with van der Waals surface area (Å²) in [5.74, 6) is 0. The Hall–Kier alpha value is 1.28. The Kier molecular flexibility index (Phi) is 50.2. The van der Waals surface area contributed by atoms with Gasteiger partial charge >= 0.3 is 72.6 Å². The fourth-order valence-electron chi connectivity index (χ4n) is 0. The van der Waals surface area contributed by atoms with Gasteiger partial charge < -0.3 is 42.2 Å². The maximum absolute atomic E-state index is 8.52.